The maximum absolute atomic E-state index is 13.5. The minimum absolute atomic E-state index is 0.0472. The number of aromatic nitrogens is 2. The maximum Gasteiger partial charge on any atom is 0.310 e. The van der Waals surface area contributed by atoms with Gasteiger partial charge in [-0.15, -0.1) is 0 Å². The van der Waals surface area contributed by atoms with Gasteiger partial charge in [-0.25, -0.2) is 9.97 Å². The average molecular weight is 691 g/mol. The Morgan fingerprint density at radius 3 is 2.12 bits per heavy atom. The first-order valence-electron chi connectivity index (χ1n) is 19.0. The molecule has 1 aliphatic heterocycles. The van der Waals surface area contributed by atoms with Gasteiger partial charge in [0.05, 0.1) is 5.92 Å². The normalized spacial score (nSPS) is 21.7. The third kappa shape index (κ3) is 8.95. The summed E-state index contributed by atoms with van der Waals surface area (Å²) in [6, 6.07) is 14.4. The van der Waals surface area contributed by atoms with Gasteiger partial charge in [0.1, 0.15) is 6.04 Å². The smallest absolute Gasteiger partial charge is 0.310 e. The molecular weight excluding hydrogens is 636 g/mol. The van der Waals surface area contributed by atoms with Gasteiger partial charge in [0.25, 0.3) is 5.91 Å². The first-order valence-corrected chi connectivity index (χ1v) is 19.0. The number of likely N-dealkylation sites (tertiary alicyclic amines) is 1. The first-order chi connectivity index (χ1) is 24.5. The number of nitrogens with one attached hydrogen (secondary N) is 1. The van der Waals surface area contributed by atoms with E-state index in [0.29, 0.717) is 11.4 Å². The minimum Gasteiger partial charge on any atom is -0.481 e. The molecule has 2 N–H and O–H groups in total. The molecule has 2 fully saturated rings. The molecule has 2 amide bonds. The van der Waals surface area contributed by atoms with Crippen molar-refractivity contribution in [3.63, 3.8) is 0 Å². The molecule has 6 rings (SSSR count). The van der Waals surface area contributed by atoms with Gasteiger partial charge in [-0.3, -0.25) is 14.4 Å². The van der Waals surface area contributed by atoms with E-state index in [0.717, 1.165) is 52.8 Å². The van der Waals surface area contributed by atoms with E-state index < -0.39 is 17.9 Å². The highest BCUT2D eigenvalue weighted by Crippen LogP contribution is 2.42. The van der Waals surface area contributed by atoms with E-state index >= 15 is 0 Å². The fourth-order valence-corrected chi connectivity index (χ4v) is 8.17. The Morgan fingerprint density at radius 2 is 1.55 bits per heavy atom. The van der Waals surface area contributed by atoms with Gasteiger partial charge in [0.15, 0.2) is 5.82 Å². The molecule has 1 saturated heterocycles. The van der Waals surface area contributed by atoms with E-state index in [-0.39, 0.29) is 36.7 Å². The van der Waals surface area contributed by atoms with Crippen molar-refractivity contribution < 1.29 is 19.5 Å². The summed E-state index contributed by atoms with van der Waals surface area (Å²) in [5.74, 6) is 1.18. The van der Waals surface area contributed by atoms with Crippen LogP contribution in [-0.4, -0.2) is 56.9 Å². The largest absolute Gasteiger partial charge is 0.481 e. The third-order valence-electron chi connectivity index (χ3n) is 11.5. The Hall–Kier alpha value is -4.33. The highest BCUT2D eigenvalue weighted by molar-refractivity contribution is 5.98. The molecule has 0 bridgehead atoms. The molecule has 8 heteroatoms. The Morgan fingerprint density at radius 1 is 0.882 bits per heavy atom. The number of rotatable bonds is 11. The number of hydrogen-bond donors (Lipinski definition) is 2. The molecule has 3 aliphatic rings. The summed E-state index contributed by atoms with van der Waals surface area (Å²) < 4.78 is 0. The van der Waals surface area contributed by atoms with Crippen molar-refractivity contribution in [3.05, 3.63) is 89.3 Å². The third-order valence-corrected chi connectivity index (χ3v) is 11.5. The van der Waals surface area contributed by atoms with Crippen molar-refractivity contribution in [1.29, 1.82) is 0 Å². The van der Waals surface area contributed by atoms with Crippen molar-refractivity contribution in [3.8, 4) is 11.4 Å². The lowest BCUT2D eigenvalue weighted by Gasteiger charge is -2.39. The summed E-state index contributed by atoms with van der Waals surface area (Å²) in [4.78, 5) is 49.2. The number of benzene rings is 2. The SMILES string of the molecule is CCCC1CCC(C2CC=C(c3cnc(-c4ccc(C[C@H](NC(=O)c5ccc(C(C)(C)C)cc5)C(=O)N5CC(C(=O)O)C5)cc4)nc3)CC2)CC1. The molecule has 2 aliphatic carbocycles. The zero-order valence-corrected chi connectivity index (χ0v) is 30.7. The van der Waals surface area contributed by atoms with Crippen LogP contribution >= 0.6 is 0 Å². The molecule has 3 aromatic rings. The highest BCUT2D eigenvalue weighted by atomic mass is 16.4. The molecule has 270 valence electrons. The molecule has 2 atom stereocenters. The zero-order chi connectivity index (χ0) is 36.1. The van der Waals surface area contributed by atoms with E-state index in [1.165, 1.54) is 55.4 Å². The summed E-state index contributed by atoms with van der Waals surface area (Å²) in [5, 5.41) is 12.3. The second kappa shape index (κ2) is 15.9. The molecule has 1 unspecified atom stereocenters. The molecule has 2 aromatic carbocycles. The molecule has 0 radical (unpaired) electrons. The van der Waals surface area contributed by atoms with Crippen LogP contribution in [0.5, 0.6) is 0 Å². The molecule has 2 heterocycles. The predicted molar refractivity (Wildman–Crippen MR) is 201 cm³/mol. The van der Waals surface area contributed by atoms with E-state index in [1.54, 1.807) is 12.1 Å². The van der Waals surface area contributed by atoms with Gasteiger partial charge in [0, 0.05) is 48.6 Å². The fourth-order valence-electron chi connectivity index (χ4n) is 8.17. The maximum atomic E-state index is 13.5. The number of aliphatic carboxylic acids is 1. The number of carboxylic acids is 1. The fraction of sp³-hybridized carbons (Fsp3) is 0.512. The average Bonchev–Trinajstić information content (AvgIpc) is 3.11. The molecule has 51 heavy (non-hydrogen) atoms. The van der Waals surface area contributed by atoms with Gasteiger partial charge in [-0.05, 0) is 84.1 Å². The van der Waals surface area contributed by atoms with Crippen molar-refractivity contribution in [2.24, 2.45) is 23.7 Å². The van der Waals surface area contributed by atoms with Gasteiger partial charge in [-0.1, -0.05) is 95.9 Å². The van der Waals surface area contributed by atoms with Gasteiger partial charge in [-0.2, -0.15) is 0 Å². The Bertz CT molecular complexity index is 1690. The minimum atomic E-state index is -0.913. The lowest BCUT2D eigenvalue weighted by Crippen LogP contribution is -2.59. The first kappa shape index (κ1) is 36.5. The summed E-state index contributed by atoms with van der Waals surface area (Å²) in [6.45, 7) is 8.94. The number of carboxylic acid groups (broad SMARTS) is 1. The number of allylic oxidation sites excluding steroid dienone is 2. The molecule has 0 spiro atoms. The Labute approximate surface area is 303 Å². The number of carbonyl (C=O) groups is 3. The summed E-state index contributed by atoms with van der Waals surface area (Å²) >= 11 is 0. The molecular formula is C43H54N4O4. The van der Waals surface area contributed by atoms with Crippen LogP contribution in [0.15, 0.2) is 67.0 Å². The highest BCUT2D eigenvalue weighted by Gasteiger charge is 2.39. The second-order valence-electron chi connectivity index (χ2n) is 16.2. The number of hydrogen-bond acceptors (Lipinski definition) is 5. The van der Waals surface area contributed by atoms with Gasteiger partial charge in [0.2, 0.25) is 5.91 Å². The van der Waals surface area contributed by atoms with Gasteiger partial charge >= 0.3 is 5.97 Å². The summed E-state index contributed by atoms with van der Waals surface area (Å²) in [5.41, 5.74) is 5.73. The van der Waals surface area contributed by atoms with E-state index in [4.69, 9.17) is 9.97 Å². The van der Waals surface area contributed by atoms with Crippen LogP contribution in [0, 0.1) is 23.7 Å². The van der Waals surface area contributed by atoms with E-state index in [9.17, 15) is 19.5 Å². The van der Waals surface area contributed by atoms with Crippen LogP contribution in [-0.2, 0) is 21.4 Å². The van der Waals surface area contributed by atoms with E-state index in [1.807, 2.05) is 48.8 Å². The van der Waals surface area contributed by atoms with Crippen molar-refractivity contribution >= 4 is 23.4 Å². The summed E-state index contributed by atoms with van der Waals surface area (Å²) in [7, 11) is 0. The summed E-state index contributed by atoms with van der Waals surface area (Å²) in [6.07, 6.45) is 18.4. The zero-order valence-electron chi connectivity index (χ0n) is 30.7. The van der Waals surface area contributed by atoms with Crippen LogP contribution in [0.4, 0.5) is 0 Å². The van der Waals surface area contributed by atoms with Crippen LogP contribution in [0.2, 0.25) is 0 Å². The van der Waals surface area contributed by atoms with Crippen LogP contribution < -0.4 is 5.32 Å². The van der Waals surface area contributed by atoms with Crippen LogP contribution in [0.3, 0.4) is 0 Å². The van der Waals surface area contributed by atoms with Crippen LogP contribution in [0.1, 0.15) is 113 Å². The van der Waals surface area contributed by atoms with Gasteiger partial charge < -0.3 is 15.3 Å². The number of amides is 2. The monoisotopic (exact) mass is 690 g/mol. The van der Waals surface area contributed by atoms with Crippen molar-refractivity contribution in [1.82, 2.24) is 20.2 Å². The topological polar surface area (TPSA) is 112 Å². The molecule has 8 nitrogen and oxygen atoms in total. The standard InChI is InChI=1S/C43H54N4O4/c1-5-6-28-7-11-30(12-8-28)31-15-17-32(18-16-31)35-24-44-39(45-25-35)33-13-9-29(10-14-33)23-38(41(49)47-26-36(27-47)42(50)51)46-40(48)34-19-21-37(22-20-34)43(2,3)4/h9-10,13-14,17,19-22,24-25,28,30-31,36,38H,5-8,11-12,15-16,18,23,26-27H2,1-4H3,(H,46,48)(H,50,51)/t28?,30?,31?,38-/m0/s1. The van der Waals surface area contributed by atoms with Crippen LogP contribution in [0.25, 0.3) is 17.0 Å². The lowest BCUT2D eigenvalue weighted by atomic mass is 9.70. The quantitative estimate of drug-likeness (QED) is 0.210. The second-order valence-corrected chi connectivity index (χ2v) is 16.2. The number of nitrogens with zero attached hydrogens (tertiary/aromatic N) is 3. The lowest BCUT2D eigenvalue weighted by molar-refractivity contribution is -0.153. The molecule has 1 saturated carbocycles. The molecule has 1 aromatic heterocycles. The van der Waals surface area contributed by atoms with Crippen molar-refractivity contribution in [2.75, 3.05) is 13.1 Å². The Kier molecular flexibility index (Phi) is 11.4. The van der Waals surface area contributed by atoms with Crippen molar-refractivity contribution in [2.45, 2.75) is 103 Å². The van der Waals surface area contributed by atoms with E-state index in [2.05, 4.69) is 39.1 Å². The Balaban J connectivity index is 1.08. The predicted octanol–water partition coefficient (Wildman–Crippen LogP) is 8.12. The number of carbonyl (C=O) groups excluding carboxylic acids is 2.